The smallest absolute Gasteiger partial charge is 0.340 e. The molecule has 0 unspecified atom stereocenters. The topological polar surface area (TPSA) is 66.0 Å². The highest BCUT2D eigenvalue weighted by atomic mass is 16.4. The first kappa shape index (κ1) is 10.5. The van der Waals surface area contributed by atoms with Crippen LogP contribution in [0.4, 0.5) is 0 Å². The summed E-state index contributed by atoms with van der Waals surface area (Å²) in [5, 5.41) is 9.35. The van der Waals surface area contributed by atoms with Gasteiger partial charge in [-0.05, 0) is 17.7 Å². The molecular weight excluding hydrogens is 228 g/mol. The summed E-state index contributed by atoms with van der Waals surface area (Å²) in [6.07, 6.45) is 1.59. The normalized spacial score (nSPS) is 10.7. The quantitative estimate of drug-likeness (QED) is 0.721. The SMILES string of the molecule is O=C(O)c1c(-c2ccccc2)[nH]c2cccnc12. The second-order valence-electron chi connectivity index (χ2n) is 3.95. The van der Waals surface area contributed by atoms with E-state index in [1.165, 1.54) is 0 Å². The molecule has 88 valence electrons. The molecule has 4 heteroatoms. The standard InChI is InChI=1S/C14H10N2O2/c17-14(18)11-12(9-5-2-1-3-6-9)16-10-7-4-8-15-13(10)11/h1-8,16H,(H,17,18). The summed E-state index contributed by atoms with van der Waals surface area (Å²) in [5.41, 5.74) is 2.87. The van der Waals surface area contributed by atoms with E-state index in [4.69, 9.17) is 0 Å². The molecule has 4 nitrogen and oxygen atoms in total. The van der Waals surface area contributed by atoms with Crippen molar-refractivity contribution >= 4 is 17.0 Å². The molecule has 0 radical (unpaired) electrons. The van der Waals surface area contributed by atoms with Crippen molar-refractivity contribution in [2.45, 2.75) is 0 Å². The van der Waals surface area contributed by atoms with E-state index >= 15 is 0 Å². The van der Waals surface area contributed by atoms with Crippen molar-refractivity contribution in [1.82, 2.24) is 9.97 Å². The second-order valence-corrected chi connectivity index (χ2v) is 3.95. The summed E-state index contributed by atoms with van der Waals surface area (Å²) in [4.78, 5) is 18.7. The highest BCUT2D eigenvalue weighted by Crippen LogP contribution is 2.28. The lowest BCUT2D eigenvalue weighted by molar-refractivity contribution is 0.0699. The average molecular weight is 238 g/mol. The zero-order valence-corrected chi connectivity index (χ0v) is 9.42. The van der Waals surface area contributed by atoms with Crippen molar-refractivity contribution in [2.24, 2.45) is 0 Å². The Bertz CT molecular complexity index is 717. The fourth-order valence-electron chi connectivity index (χ4n) is 2.05. The van der Waals surface area contributed by atoms with Crippen LogP contribution in [0.1, 0.15) is 10.4 Å². The molecule has 2 N–H and O–H groups in total. The second kappa shape index (κ2) is 4.00. The third-order valence-electron chi connectivity index (χ3n) is 2.83. The molecule has 0 aliphatic rings. The molecule has 0 saturated heterocycles. The van der Waals surface area contributed by atoms with Crippen LogP contribution in [0.5, 0.6) is 0 Å². The van der Waals surface area contributed by atoms with Crippen LogP contribution in [-0.4, -0.2) is 21.0 Å². The Morgan fingerprint density at radius 2 is 1.89 bits per heavy atom. The molecule has 3 aromatic rings. The lowest BCUT2D eigenvalue weighted by atomic mass is 10.1. The molecule has 0 aliphatic carbocycles. The van der Waals surface area contributed by atoms with Crippen molar-refractivity contribution in [3.8, 4) is 11.3 Å². The van der Waals surface area contributed by atoms with E-state index in [-0.39, 0.29) is 5.56 Å². The van der Waals surface area contributed by atoms with Crippen LogP contribution < -0.4 is 0 Å². The predicted octanol–water partition coefficient (Wildman–Crippen LogP) is 2.93. The Morgan fingerprint density at radius 3 is 2.61 bits per heavy atom. The molecular formula is C14H10N2O2. The minimum atomic E-state index is -0.973. The molecule has 0 atom stereocenters. The zero-order valence-electron chi connectivity index (χ0n) is 9.42. The van der Waals surface area contributed by atoms with Crippen LogP contribution in [0.3, 0.4) is 0 Å². The van der Waals surface area contributed by atoms with Crippen molar-refractivity contribution in [3.05, 3.63) is 54.2 Å². The number of hydrogen-bond donors (Lipinski definition) is 2. The Kier molecular flexibility index (Phi) is 2.34. The minimum absolute atomic E-state index is 0.219. The van der Waals surface area contributed by atoms with Crippen LogP contribution in [0, 0.1) is 0 Å². The summed E-state index contributed by atoms with van der Waals surface area (Å²) in [6, 6.07) is 13.0. The number of carboxylic acid groups (broad SMARTS) is 1. The fourth-order valence-corrected chi connectivity index (χ4v) is 2.05. The van der Waals surface area contributed by atoms with Gasteiger partial charge in [-0.15, -0.1) is 0 Å². The first-order chi connectivity index (χ1) is 8.77. The van der Waals surface area contributed by atoms with Crippen molar-refractivity contribution in [1.29, 1.82) is 0 Å². The molecule has 0 spiro atoms. The Labute approximate surface area is 103 Å². The molecule has 0 aliphatic heterocycles. The van der Waals surface area contributed by atoms with E-state index in [0.29, 0.717) is 11.2 Å². The average Bonchev–Trinajstić information content (AvgIpc) is 2.79. The number of aromatic carboxylic acids is 1. The number of aromatic amines is 1. The third kappa shape index (κ3) is 1.55. The number of benzene rings is 1. The maximum atomic E-state index is 11.4. The Morgan fingerprint density at radius 1 is 1.11 bits per heavy atom. The summed E-state index contributed by atoms with van der Waals surface area (Å²) in [5.74, 6) is -0.973. The number of nitrogens with zero attached hydrogens (tertiary/aromatic N) is 1. The van der Waals surface area contributed by atoms with E-state index in [0.717, 1.165) is 11.1 Å². The van der Waals surface area contributed by atoms with Crippen LogP contribution in [-0.2, 0) is 0 Å². The molecule has 3 rings (SSSR count). The number of fused-ring (bicyclic) bond motifs is 1. The molecule has 2 heterocycles. The van der Waals surface area contributed by atoms with E-state index in [2.05, 4.69) is 9.97 Å². The van der Waals surface area contributed by atoms with Crippen molar-refractivity contribution < 1.29 is 9.90 Å². The van der Waals surface area contributed by atoms with Gasteiger partial charge in [0.2, 0.25) is 0 Å². The van der Waals surface area contributed by atoms with Gasteiger partial charge in [0.1, 0.15) is 11.1 Å². The van der Waals surface area contributed by atoms with E-state index in [1.54, 1.807) is 12.3 Å². The van der Waals surface area contributed by atoms with Gasteiger partial charge in [-0.3, -0.25) is 4.98 Å². The molecule has 2 aromatic heterocycles. The number of carbonyl (C=O) groups is 1. The first-order valence-corrected chi connectivity index (χ1v) is 5.53. The van der Waals surface area contributed by atoms with Crippen LogP contribution in [0.2, 0.25) is 0 Å². The summed E-state index contributed by atoms with van der Waals surface area (Å²) in [6.45, 7) is 0. The lowest BCUT2D eigenvalue weighted by Gasteiger charge is -1.99. The van der Waals surface area contributed by atoms with Crippen molar-refractivity contribution in [3.63, 3.8) is 0 Å². The summed E-state index contributed by atoms with van der Waals surface area (Å²) >= 11 is 0. The largest absolute Gasteiger partial charge is 0.478 e. The van der Waals surface area contributed by atoms with Gasteiger partial charge < -0.3 is 10.1 Å². The maximum absolute atomic E-state index is 11.4. The van der Waals surface area contributed by atoms with Gasteiger partial charge >= 0.3 is 5.97 Å². The van der Waals surface area contributed by atoms with E-state index in [1.807, 2.05) is 36.4 Å². The number of H-pyrrole nitrogens is 1. The maximum Gasteiger partial charge on any atom is 0.340 e. The highest BCUT2D eigenvalue weighted by Gasteiger charge is 2.19. The Hall–Kier alpha value is -2.62. The molecule has 18 heavy (non-hydrogen) atoms. The van der Waals surface area contributed by atoms with Gasteiger partial charge in [-0.1, -0.05) is 30.3 Å². The van der Waals surface area contributed by atoms with Gasteiger partial charge in [-0.25, -0.2) is 4.79 Å². The number of rotatable bonds is 2. The highest BCUT2D eigenvalue weighted by molar-refractivity contribution is 6.07. The number of pyridine rings is 1. The molecule has 0 bridgehead atoms. The lowest BCUT2D eigenvalue weighted by Crippen LogP contribution is -1.98. The van der Waals surface area contributed by atoms with Gasteiger partial charge in [0, 0.05) is 6.20 Å². The number of hydrogen-bond acceptors (Lipinski definition) is 2. The van der Waals surface area contributed by atoms with Crippen molar-refractivity contribution in [2.75, 3.05) is 0 Å². The predicted molar refractivity (Wildman–Crippen MR) is 68.5 cm³/mol. The van der Waals surface area contributed by atoms with Crippen LogP contribution in [0.25, 0.3) is 22.3 Å². The van der Waals surface area contributed by atoms with E-state index < -0.39 is 5.97 Å². The van der Waals surface area contributed by atoms with E-state index in [9.17, 15) is 9.90 Å². The van der Waals surface area contributed by atoms with Gasteiger partial charge in [-0.2, -0.15) is 0 Å². The third-order valence-corrected chi connectivity index (χ3v) is 2.83. The number of aromatic nitrogens is 2. The summed E-state index contributed by atoms with van der Waals surface area (Å²) in [7, 11) is 0. The molecule has 0 amide bonds. The minimum Gasteiger partial charge on any atom is -0.478 e. The van der Waals surface area contributed by atoms with Gasteiger partial charge in [0.25, 0.3) is 0 Å². The van der Waals surface area contributed by atoms with Gasteiger partial charge in [0.05, 0.1) is 11.2 Å². The van der Waals surface area contributed by atoms with Gasteiger partial charge in [0.15, 0.2) is 0 Å². The van der Waals surface area contributed by atoms with Crippen LogP contribution >= 0.6 is 0 Å². The molecule has 0 fully saturated rings. The number of carboxylic acids is 1. The summed E-state index contributed by atoms with van der Waals surface area (Å²) < 4.78 is 0. The first-order valence-electron chi connectivity index (χ1n) is 5.53. The molecule has 1 aromatic carbocycles. The zero-order chi connectivity index (χ0) is 12.5. The fraction of sp³-hybridized carbons (Fsp3) is 0. The molecule has 0 saturated carbocycles. The van der Waals surface area contributed by atoms with Crippen LogP contribution in [0.15, 0.2) is 48.7 Å². The monoisotopic (exact) mass is 238 g/mol. The Balaban J connectivity index is 2.36. The number of nitrogens with one attached hydrogen (secondary N) is 1.